The van der Waals surface area contributed by atoms with E-state index in [1.54, 1.807) is 14.0 Å². The van der Waals surface area contributed by atoms with Crippen LogP contribution < -0.4 is 5.32 Å². The molecule has 2 fully saturated rings. The summed E-state index contributed by atoms with van der Waals surface area (Å²) in [6, 6.07) is 0.0165. The van der Waals surface area contributed by atoms with E-state index in [1.807, 2.05) is 9.80 Å². The van der Waals surface area contributed by atoms with Gasteiger partial charge in [0.2, 0.25) is 5.91 Å². The summed E-state index contributed by atoms with van der Waals surface area (Å²) in [6.45, 7) is 5.82. The fraction of sp³-hybridized carbons (Fsp3) is 0.889. The summed E-state index contributed by atoms with van der Waals surface area (Å²) in [7, 11) is 1.74. The molecule has 2 rings (SSSR count). The van der Waals surface area contributed by atoms with Crippen molar-refractivity contribution < 1.29 is 14.3 Å². The first kappa shape index (κ1) is 19.0. The van der Waals surface area contributed by atoms with E-state index in [0.29, 0.717) is 13.1 Å². The van der Waals surface area contributed by atoms with Crippen molar-refractivity contribution in [2.75, 3.05) is 46.4 Å². The minimum Gasteiger partial charge on any atom is -0.385 e. The second-order valence-electron chi connectivity index (χ2n) is 7.31. The van der Waals surface area contributed by atoms with Crippen molar-refractivity contribution in [2.24, 2.45) is 5.41 Å². The molecule has 1 aliphatic carbocycles. The number of urea groups is 1. The van der Waals surface area contributed by atoms with Gasteiger partial charge in [0.15, 0.2) is 0 Å². The Morgan fingerprint density at radius 2 is 1.67 bits per heavy atom. The number of ether oxygens (including phenoxy) is 1. The van der Waals surface area contributed by atoms with Gasteiger partial charge in [0.1, 0.15) is 0 Å². The Balaban J connectivity index is 1.85. The van der Waals surface area contributed by atoms with Crippen LogP contribution in [0.3, 0.4) is 0 Å². The van der Waals surface area contributed by atoms with Gasteiger partial charge in [0.05, 0.1) is 0 Å². The zero-order valence-electron chi connectivity index (χ0n) is 15.3. The number of nitrogens with zero attached hydrogens (tertiary/aromatic N) is 2. The number of carbonyl (C=O) groups is 2. The lowest BCUT2D eigenvalue weighted by Gasteiger charge is -2.38. The lowest BCUT2D eigenvalue weighted by molar-refractivity contribution is -0.128. The number of amides is 3. The summed E-state index contributed by atoms with van der Waals surface area (Å²) >= 11 is 0. The van der Waals surface area contributed by atoms with Crippen molar-refractivity contribution in [3.8, 4) is 0 Å². The Morgan fingerprint density at radius 1 is 1.00 bits per heavy atom. The van der Waals surface area contributed by atoms with Crippen LogP contribution >= 0.6 is 0 Å². The van der Waals surface area contributed by atoms with E-state index in [1.165, 1.54) is 32.1 Å². The Labute approximate surface area is 145 Å². The number of hydrogen-bond acceptors (Lipinski definition) is 3. The summed E-state index contributed by atoms with van der Waals surface area (Å²) in [4.78, 5) is 27.7. The maximum Gasteiger partial charge on any atom is 0.317 e. The Hall–Kier alpha value is -1.30. The molecule has 3 amide bonds. The number of nitrogens with one attached hydrogen (secondary N) is 1. The topological polar surface area (TPSA) is 61.9 Å². The standard InChI is InChI=1S/C18H33N3O3/c1-16(22)20-10-6-11-21(13-12-20)17(23)19-15-18(9-14-24-2)7-4-3-5-8-18/h3-15H2,1-2H3,(H,19,23). The molecular formula is C18H33N3O3. The Bertz CT molecular complexity index is 422. The molecular weight excluding hydrogens is 306 g/mol. The molecule has 1 N–H and O–H groups in total. The molecule has 0 atom stereocenters. The van der Waals surface area contributed by atoms with Gasteiger partial charge in [-0.2, -0.15) is 0 Å². The second kappa shape index (κ2) is 9.25. The van der Waals surface area contributed by atoms with Crippen molar-refractivity contribution in [3.05, 3.63) is 0 Å². The zero-order valence-corrected chi connectivity index (χ0v) is 15.3. The molecule has 0 unspecified atom stereocenters. The average molecular weight is 339 g/mol. The molecule has 0 aromatic rings. The molecule has 138 valence electrons. The zero-order chi connectivity index (χ0) is 17.4. The van der Waals surface area contributed by atoms with Gasteiger partial charge in [-0.3, -0.25) is 4.79 Å². The van der Waals surface area contributed by atoms with Crippen molar-refractivity contribution in [2.45, 2.75) is 51.9 Å². The maximum absolute atomic E-state index is 12.6. The molecule has 1 aliphatic heterocycles. The van der Waals surface area contributed by atoms with E-state index >= 15 is 0 Å². The first-order chi connectivity index (χ1) is 11.6. The van der Waals surface area contributed by atoms with Crippen LogP contribution in [0.15, 0.2) is 0 Å². The predicted octanol–water partition coefficient (Wildman–Crippen LogP) is 2.24. The van der Waals surface area contributed by atoms with E-state index < -0.39 is 0 Å². The summed E-state index contributed by atoms with van der Waals surface area (Å²) in [6.07, 6.45) is 8.01. The fourth-order valence-electron chi connectivity index (χ4n) is 3.95. The molecule has 0 aromatic carbocycles. The molecule has 2 aliphatic rings. The molecule has 1 saturated carbocycles. The molecule has 6 heteroatoms. The predicted molar refractivity (Wildman–Crippen MR) is 93.9 cm³/mol. The van der Waals surface area contributed by atoms with Crippen LogP contribution in [0.1, 0.15) is 51.9 Å². The number of methoxy groups -OCH3 is 1. The molecule has 0 bridgehead atoms. The molecule has 6 nitrogen and oxygen atoms in total. The third kappa shape index (κ3) is 5.36. The molecule has 0 aromatic heterocycles. The van der Waals surface area contributed by atoms with Gasteiger partial charge in [-0.25, -0.2) is 4.79 Å². The van der Waals surface area contributed by atoms with Gasteiger partial charge in [0.25, 0.3) is 0 Å². The van der Waals surface area contributed by atoms with Crippen LogP contribution in [0.4, 0.5) is 4.79 Å². The van der Waals surface area contributed by atoms with Gasteiger partial charge in [-0.1, -0.05) is 19.3 Å². The van der Waals surface area contributed by atoms with Crippen LogP contribution in [-0.2, 0) is 9.53 Å². The SMILES string of the molecule is COCCC1(CNC(=O)N2CCCN(C(C)=O)CC2)CCCCC1. The maximum atomic E-state index is 12.6. The highest BCUT2D eigenvalue weighted by molar-refractivity contribution is 5.75. The summed E-state index contributed by atoms with van der Waals surface area (Å²) in [5.74, 6) is 0.0954. The molecule has 24 heavy (non-hydrogen) atoms. The van der Waals surface area contributed by atoms with Gasteiger partial charge in [0, 0.05) is 53.4 Å². The minimum absolute atomic E-state index is 0.0165. The van der Waals surface area contributed by atoms with Gasteiger partial charge >= 0.3 is 6.03 Å². The lowest BCUT2D eigenvalue weighted by atomic mass is 9.72. The Morgan fingerprint density at radius 3 is 2.33 bits per heavy atom. The van der Waals surface area contributed by atoms with Crippen LogP contribution in [0.2, 0.25) is 0 Å². The lowest BCUT2D eigenvalue weighted by Crippen LogP contribution is -2.47. The summed E-state index contributed by atoms with van der Waals surface area (Å²) in [5.41, 5.74) is 0.196. The highest BCUT2D eigenvalue weighted by Gasteiger charge is 2.32. The van der Waals surface area contributed by atoms with Crippen molar-refractivity contribution in [1.82, 2.24) is 15.1 Å². The van der Waals surface area contributed by atoms with Crippen LogP contribution in [-0.4, -0.2) is 68.2 Å². The quantitative estimate of drug-likeness (QED) is 0.835. The van der Waals surface area contributed by atoms with Crippen LogP contribution in [0, 0.1) is 5.41 Å². The third-order valence-corrected chi connectivity index (χ3v) is 5.59. The normalized spacial score (nSPS) is 21.2. The van der Waals surface area contributed by atoms with Gasteiger partial charge in [-0.15, -0.1) is 0 Å². The van der Waals surface area contributed by atoms with Crippen LogP contribution in [0.25, 0.3) is 0 Å². The van der Waals surface area contributed by atoms with E-state index in [9.17, 15) is 9.59 Å². The van der Waals surface area contributed by atoms with E-state index in [-0.39, 0.29) is 17.4 Å². The molecule has 0 radical (unpaired) electrons. The number of carbonyl (C=O) groups excluding carboxylic acids is 2. The highest BCUT2D eigenvalue weighted by atomic mass is 16.5. The Kier molecular flexibility index (Phi) is 7.34. The highest BCUT2D eigenvalue weighted by Crippen LogP contribution is 2.38. The van der Waals surface area contributed by atoms with Crippen molar-refractivity contribution >= 4 is 11.9 Å². The fourth-order valence-corrected chi connectivity index (χ4v) is 3.95. The van der Waals surface area contributed by atoms with Crippen LogP contribution in [0.5, 0.6) is 0 Å². The van der Waals surface area contributed by atoms with Crippen molar-refractivity contribution in [1.29, 1.82) is 0 Å². The number of hydrogen-bond donors (Lipinski definition) is 1. The van der Waals surface area contributed by atoms with E-state index in [0.717, 1.165) is 39.1 Å². The second-order valence-corrected chi connectivity index (χ2v) is 7.31. The van der Waals surface area contributed by atoms with Crippen molar-refractivity contribution in [3.63, 3.8) is 0 Å². The minimum atomic E-state index is 0.0165. The summed E-state index contributed by atoms with van der Waals surface area (Å²) < 4.78 is 5.28. The largest absolute Gasteiger partial charge is 0.385 e. The first-order valence-electron chi connectivity index (χ1n) is 9.34. The molecule has 1 saturated heterocycles. The van der Waals surface area contributed by atoms with Gasteiger partial charge < -0.3 is 19.9 Å². The van der Waals surface area contributed by atoms with Gasteiger partial charge in [-0.05, 0) is 31.1 Å². The monoisotopic (exact) mass is 339 g/mol. The first-order valence-corrected chi connectivity index (χ1v) is 9.34. The molecule has 1 heterocycles. The smallest absolute Gasteiger partial charge is 0.317 e. The van der Waals surface area contributed by atoms with E-state index in [4.69, 9.17) is 4.74 Å². The molecule has 0 spiro atoms. The average Bonchev–Trinajstić information content (AvgIpc) is 2.85. The third-order valence-electron chi connectivity index (χ3n) is 5.59. The van der Waals surface area contributed by atoms with E-state index in [2.05, 4.69) is 5.32 Å². The number of rotatable bonds is 5. The summed E-state index contributed by atoms with van der Waals surface area (Å²) in [5, 5.41) is 3.17.